The predicted molar refractivity (Wildman–Crippen MR) is 75.6 cm³/mol. The molecule has 0 aliphatic carbocycles. The second kappa shape index (κ2) is 9.82. The lowest BCUT2D eigenvalue weighted by Gasteiger charge is -2.06. The van der Waals surface area contributed by atoms with Crippen LogP contribution >= 0.6 is 0 Å². The van der Waals surface area contributed by atoms with Gasteiger partial charge in [0.2, 0.25) is 0 Å². The number of nitrogen functional groups attached to an aromatic ring is 1. The highest BCUT2D eigenvalue weighted by Crippen LogP contribution is 2.15. The minimum atomic E-state index is -1.43. The van der Waals surface area contributed by atoms with E-state index in [2.05, 4.69) is 0 Å². The minimum absolute atomic E-state index is 0.152. The molecule has 0 fully saturated rings. The first-order chi connectivity index (χ1) is 9.65. The average molecular weight is 305 g/mol. The lowest BCUT2D eigenvalue weighted by atomic mass is 10.3. The summed E-state index contributed by atoms with van der Waals surface area (Å²) in [5.74, 6) is -0.315. The summed E-state index contributed by atoms with van der Waals surface area (Å²) in [6.07, 6.45) is 0. The first-order valence-corrected chi connectivity index (χ1v) is 7.55. The Labute approximate surface area is 120 Å². The highest BCUT2D eigenvalue weighted by molar-refractivity contribution is 7.85. The molecule has 114 valence electrons. The number of anilines is 1. The largest absolute Gasteiger partial charge is 0.399 e. The molecule has 0 radical (unpaired) electrons. The molecule has 0 spiro atoms. The maximum absolute atomic E-state index is 13.5. The van der Waals surface area contributed by atoms with E-state index in [0.29, 0.717) is 32.1 Å². The van der Waals surface area contributed by atoms with Crippen LogP contribution in [-0.4, -0.2) is 50.1 Å². The average Bonchev–Trinajstić information content (AvgIpc) is 2.41. The van der Waals surface area contributed by atoms with E-state index < -0.39 is 16.6 Å². The summed E-state index contributed by atoms with van der Waals surface area (Å²) in [5.41, 5.74) is 5.74. The first kappa shape index (κ1) is 17.0. The van der Waals surface area contributed by atoms with Gasteiger partial charge in [-0.25, -0.2) is 4.39 Å². The van der Waals surface area contributed by atoms with Crippen LogP contribution in [0, 0.1) is 5.82 Å². The van der Waals surface area contributed by atoms with Crippen LogP contribution in [0.2, 0.25) is 0 Å². The molecule has 0 heterocycles. The number of nitrogens with two attached hydrogens (primary N) is 1. The van der Waals surface area contributed by atoms with E-state index >= 15 is 0 Å². The molecule has 0 bridgehead atoms. The Bertz CT molecular complexity index is 431. The van der Waals surface area contributed by atoms with Crippen molar-refractivity contribution < 1.29 is 22.8 Å². The minimum Gasteiger partial charge on any atom is -0.399 e. The maximum atomic E-state index is 13.5. The van der Waals surface area contributed by atoms with Gasteiger partial charge in [-0.05, 0) is 18.2 Å². The number of benzene rings is 1. The second-order valence-electron chi connectivity index (χ2n) is 3.96. The van der Waals surface area contributed by atoms with Crippen LogP contribution in [-0.2, 0) is 25.0 Å². The van der Waals surface area contributed by atoms with Crippen molar-refractivity contribution in [2.24, 2.45) is 0 Å². The summed E-state index contributed by atoms with van der Waals surface area (Å²) in [4.78, 5) is 0.152. The molecule has 1 rings (SSSR count). The number of hydrogen-bond acceptors (Lipinski definition) is 5. The Morgan fingerprint density at radius 2 is 1.80 bits per heavy atom. The molecule has 0 aliphatic rings. The van der Waals surface area contributed by atoms with E-state index in [-0.39, 0.29) is 17.3 Å². The molecule has 1 atom stereocenters. The van der Waals surface area contributed by atoms with Crippen molar-refractivity contribution in [3.63, 3.8) is 0 Å². The van der Waals surface area contributed by atoms with Gasteiger partial charge < -0.3 is 19.9 Å². The topological polar surface area (TPSA) is 70.8 Å². The SMILES string of the molecule is COCCOCCOCCS(=O)c1ccc(N)cc1F. The zero-order chi connectivity index (χ0) is 14.8. The van der Waals surface area contributed by atoms with Crippen LogP contribution in [0.4, 0.5) is 10.1 Å². The molecular formula is C13H20FNO4S. The number of halogens is 1. The molecule has 0 aromatic heterocycles. The molecule has 0 saturated heterocycles. The van der Waals surface area contributed by atoms with Gasteiger partial charge in [0, 0.05) is 12.8 Å². The third-order valence-corrected chi connectivity index (χ3v) is 3.78. The molecule has 20 heavy (non-hydrogen) atoms. The van der Waals surface area contributed by atoms with Crippen molar-refractivity contribution in [3.05, 3.63) is 24.0 Å². The molecule has 2 N–H and O–H groups in total. The van der Waals surface area contributed by atoms with Crippen molar-refractivity contribution in [2.45, 2.75) is 4.90 Å². The summed E-state index contributed by atoms with van der Waals surface area (Å²) in [5, 5.41) is 0. The standard InChI is InChI=1S/C13H20FNO4S/c1-17-4-5-18-6-7-19-8-9-20(16)13-3-2-11(15)10-12(13)14/h2-3,10H,4-9,15H2,1H3. The second-order valence-corrected chi connectivity index (χ2v) is 5.50. The van der Waals surface area contributed by atoms with Gasteiger partial charge in [0.05, 0.1) is 54.5 Å². The van der Waals surface area contributed by atoms with E-state index in [4.69, 9.17) is 19.9 Å². The van der Waals surface area contributed by atoms with Crippen molar-refractivity contribution in [1.29, 1.82) is 0 Å². The van der Waals surface area contributed by atoms with Crippen LogP contribution in [0.5, 0.6) is 0 Å². The van der Waals surface area contributed by atoms with Crippen LogP contribution < -0.4 is 5.73 Å². The molecule has 1 aromatic rings. The predicted octanol–water partition coefficient (Wildman–Crippen LogP) is 1.20. The van der Waals surface area contributed by atoms with Crippen LogP contribution in [0.3, 0.4) is 0 Å². The third kappa shape index (κ3) is 6.42. The summed E-state index contributed by atoms with van der Waals surface area (Å²) >= 11 is 0. The van der Waals surface area contributed by atoms with Crippen molar-refractivity contribution in [3.8, 4) is 0 Å². The van der Waals surface area contributed by atoms with E-state index in [1.807, 2.05) is 0 Å². The van der Waals surface area contributed by atoms with E-state index in [1.165, 1.54) is 12.1 Å². The van der Waals surface area contributed by atoms with Gasteiger partial charge >= 0.3 is 0 Å². The van der Waals surface area contributed by atoms with E-state index in [1.54, 1.807) is 7.11 Å². The first-order valence-electron chi connectivity index (χ1n) is 6.23. The quantitative estimate of drug-likeness (QED) is 0.519. The zero-order valence-electron chi connectivity index (χ0n) is 11.5. The van der Waals surface area contributed by atoms with Crippen molar-refractivity contribution >= 4 is 16.5 Å². The molecular weight excluding hydrogens is 285 g/mol. The fraction of sp³-hybridized carbons (Fsp3) is 0.538. The lowest BCUT2D eigenvalue weighted by Crippen LogP contribution is -2.12. The third-order valence-electron chi connectivity index (χ3n) is 2.42. The van der Waals surface area contributed by atoms with Gasteiger partial charge in [-0.15, -0.1) is 0 Å². The molecule has 0 amide bonds. The van der Waals surface area contributed by atoms with Crippen LogP contribution in [0.15, 0.2) is 23.1 Å². The Hall–Kier alpha value is -1.02. The lowest BCUT2D eigenvalue weighted by molar-refractivity contribution is 0.0285. The summed E-state index contributed by atoms with van der Waals surface area (Å²) < 4.78 is 40.6. The van der Waals surface area contributed by atoms with Gasteiger partial charge in [-0.1, -0.05) is 0 Å². The molecule has 0 aliphatic heterocycles. The molecule has 7 heteroatoms. The molecule has 1 unspecified atom stereocenters. The number of methoxy groups -OCH3 is 1. The Kier molecular flexibility index (Phi) is 8.36. The van der Waals surface area contributed by atoms with Gasteiger partial charge in [0.25, 0.3) is 0 Å². The number of rotatable bonds is 10. The van der Waals surface area contributed by atoms with E-state index in [0.717, 1.165) is 6.07 Å². The van der Waals surface area contributed by atoms with Crippen LogP contribution in [0.1, 0.15) is 0 Å². The highest BCUT2D eigenvalue weighted by atomic mass is 32.2. The molecule has 5 nitrogen and oxygen atoms in total. The number of hydrogen-bond donors (Lipinski definition) is 1. The monoisotopic (exact) mass is 305 g/mol. The fourth-order valence-electron chi connectivity index (χ4n) is 1.41. The normalized spacial score (nSPS) is 12.5. The molecule has 1 aromatic carbocycles. The van der Waals surface area contributed by atoms with Crippen molar-refractivity contribution in [1.82, 2.24) is 0 Å². The molecule has 0 saturated carbocycles. The van der Waals surface area contributed by atoms with Gasteiger partial charge in [-0.3, -0.25) is 4.21 Å². The number of ether oxygens (including phenoxy) is 3. The van der Waals surface area contributed by atoms with Gasteiger partial charge in [0.1, 0.15) is 5.82 Å². The maximum Gasteiger partial charge on any atom is 0.141 e. The summed E-state index contributed by atoms with van der Waals surface area (Å²) in [6, 6.07) is 4.13. The highest BCUT2D eigenvalue weighted by Gasteiger charge is 2.10. The fourth-order valence-corrected chi connectivity index (χ4v) is 2.40. The Morgan fingerprint density at radius 3 is 2.45 bits per heavy atom. The van der Waals surface area contributed by atoms with Crippen LogP contribution in [0.25, 0.3) is 0 Å². The smallest absolute Gasteiger partial charge is 0.141 e. The Balaban J connectivity index is 2.17. The van der Waals surface area contributed by atoms with Crippen molar-refractivity contribution in [2.75, 3.05) is 51.6 Å². The Morgan fingerprint density at radius 1 is 1.15 bits per heavy atom. The summed E-state index contributed by atoms with van der Waals surface area (Å²) in [7, 11) is 0.173. The van der Waals surface area contributed by atoms with Gasteiger partial charge in [0.15, 0.2) is 0 Å². The van der Waals surface area contributed by atoms with E-state index in [9.17, 15) is 8.60 Å². The summed E-state index contributed by atoms with van der Waals surface area (Å²) in [6.45, 7) is 2.20. The zero-order valence-corrected chi connectivity index (χ0v) is 12.3. The van der Waals surface area contributed by atoms with Gasteiger partial charge in [-0.2, -0.15) is 0 Å².